The van der Waals surface area contributed by atoms with Gasteiger partial charge in [0.1, 0.15) is 11.6 Å². The largest absolute Gasteiger partial charge is 0.341 e. The summed E-state index contributed by atoms with van der Waals surface area (Å²) in [5.41, 5.74) is -0.0105. The van der Waals surface area contributed by atoms with Crippen molar-refractivity contribution >= 4 is 5.91 Å². The number of nitrogens with zero attached hydrogens (tertiary/aromatic N) is 1. The molecule has 1 N–H and O–H groups in total. The Morgan fingerprint density at radius 3 is 2.57 bits per heavy atom. The number of hydrogen-bond donors (Lipinski definition) is 1. The van der Waals surface area contributed by atoms with E-state index < -0.39 is 11.6 Å². The lowest BCUT2D eigenvalue weighted by atomic mass is 9.75. The first-order valence-electron chi connectivity index (χ1n) is 7.39. The molecule has 5 heteroatoms. The molecule has 1 fully saturated rings. The molecule has 21 heavy (non-hydrogen) atoms. The predicted octanol–water partition coefficient (Wildman–Crippen LogP) is 2.70. The number of amides is 1. The zero-order chi connectivity index (χ0) is 15.5. The van der Waals surface area contributed by atoms with E-state index in [9.17, 15) is 13.6 Å². The van der Waals surface area contributed by atoms with Crippen molar-refractivity contribution in [3.05, 3.63) is 35.4 Å². The Kier molecular flexibility index (Phi) is 4.93. The summed E-state index contributed by atoms with van der Waals surface area (Å²) < 4.78 is 26.6. The molecule has 1 aliphatic heterocycles. The maximum absolute atomic E-state index is 13.7. The highest BCUT2D eigenvalue weighted by molar-refractivity contribution is 5.82. The minimum absolute atomic E-state index is 0.0511. The number of carbonyl (C=O) groups is 1. The summed E-state index contributed by atoms with van der Waals surface area (Å²) >= 11 is 0. The Labute approximate surface area is 124 Å². The summed E-state index contributed by atoms with van der Waals surface area (Å²) in [5, 5.41) is 3.26. The molecule has 116 valence electrons. The number of piperidine rings is 1. The Hall–Kier alpha value is -1.49. The van der Waals surface area contributed by atoms with Crippen LogP contribution in [-0.2, 0) is 11.3 Å². The van der Waals surface area contributed by atoms with Gasteiger partial charge in [0.05, 0.1) is 5.41 Å². The van der Waals surface area contributed by atoms with Gasteiger partial charge in [-0.2, -0.15) is 0 Å². The van der Waals surface area contributed by atoms with Crippen molar-refractivity contribution < 1.29 is 13.6 Å². The van der Waals surface area contributed by atoms with Gasteiger partial charge >= 0.3 is 0 Å². The average Bonchev–Trinajstić information content (AvgIpc) is 2.50. The maximum Gasteiger partial charge on any atom is 0.228 e. The summed E-state index contributed by atoms with van der Waals surface area (Å²) in [6.45, 7) is 3.85. The predicted molar refractivity (Wildman–Crippen MR) is 77.7 cm³/mol. The van der Waals surface area contributed by atoms with Crippen LogP contribution in [0.3, 0.4) is 0 Å². The monoisotopic (exact) mass is 296 g/mol. The molecular weight excluding hydrogens is 274 g/mol. The Bertz CT molecular complexity index is 513. The number of benzene rings is 1. The molecule has 1 amide bonds. The van der Waals surface area contributed by atoms with Gasteiger partial charge in [-0.15, -0.1) is 0 Å². The third kappa shape index (κ3) is 3.40. The molecule has 1 heterocycles. The molecule has 3 nitrogen and oxygen atoms in total. The van der Waals surface area contributed by atoms with Gasteiger partial charge in [0.25, 0.3) is 0 Å². The van der Waals surface area contributed by atoms with Crippen molar-refractivity contribution in [3.8, 4) is 0 Å². The van der Waals surface area contributed by atoms with Crippen LogP contribution in [-0.4, -0.2) is 30.9 Å². The van der Waals surface area contributed by atoms with Crippen LogP contribution in [0.1, 0.15) is 31.7 Å². The molecule has 1 saturated heterocycles. The normalized spacial score (nSPS) is 17.5. The standard InChI is InChI=1S/C16H22F2N2O/c1-3-16(6-8-19-9-7-16)15(21)20(2)11-12-4-5-13(17)10-14(12)18/h4-5,10,19H,3,6-9,11H2,1-2H3. The van der Waals surface area contributed by atoms with E-state index in [1.807, 2.05) is 6.92 Å². The van der Waals surface area contributed by atoms with Crippen LogP contribution in [0.2, 0.25) is 0 Å². The summed E-state index contributed by atoms with van der Waals surface area (Å²) in [5.74, 6) is -1.16. The fraction of sp³-hybridized carbons (Fsp3) is 0.562. The third-order valence-electron chi connectivity index (χ3n) is 4.46. The van der Waals surface area contributed by atoms with Gasteiger partial charge < -0.3 is 10.2 Å². The van der Waals surface area contributed by atoms with E-state index in [0.717, 1.165) is 38.4 Å². The lowest BCUT2D eigenvalue weighted by molar-refractivity contribution is -0.143. The van der Waals surface area contributed by atoms with E-state index in [1.165, 1.54) is 12.1 Å². The number of rotatable bonds is 4. The fourth-order valence-corrected chi connectivity index (χ4v) is 3.01. The molecular formula is C16H22F2N2O. The summed E-state index contributed by atoms with van der Waals surface area (Å²) in [4.78, 5) is 14.3. The van der Waals surface area contributed by atoms with Crippen molar-refractivity contribution in [1.82, 2.24) is 10.2 Å². The SMILES string of the molecule is CCC1(C(=O)N(C)Cc2ccc(F)cc2F)CCNCC1. The zero-order valence-corrected chi connectivity index (χ0v) is 12.6. The average molecular weight is 296 g/mol. The van der Waals surface area contributed by atoms with E-state index in [-0.39, 0.29) is 17.9 Å². The van der Waals surface area contributed by atoms with Gasteiger partial charge in [0.2, 0.25) is 5.91 Å². The van der Waals surface area contributed by atoms with Crippen LogP contribution in [0.5, 0.6) is 0 Å². The molecule has 0 saturated carbocycles. The maximum atomic E-state index is 13.7. The molecule has 0 atom stereocenters. The van der Waals surface area contributed by atoms with Crippen LogP contribution >= 0.6 is 0 Å². The minimum atomic E-state index is -0.606. The smallest absolute Gasteiger partial charge is 0.228 e. The molecule has 0 unspecified atom stereocenters. The first-order chi connectivity index (χ1) is 9.98. The topological polar surface area (TPSA) is 32.3 Å². The first-order valence-corrected chi connectivity index (χ1v) is 7.39. The lowest BCUT2D eigenvalue weighted by Crippen LogP contribution is -2.47. The molecule has 1 aromatic carbocycles. The van der Waals surface area contributed by atoms with Gasteiger partial charge in [-0.3, -0.25) is 4.79 Å². The van der Waals surface area contributed by atoms with E-state index >= 15 is 0 Å². The summed E-state index contributed by atoms with van der Waals surface area (Å²) in [6, 6.07) is 3.47. The fourth-order valence-electron chi connectivity index (χ4n) is 3.01. The summed E-state index contributed by atoms with van der Waals surface area (Å²) in [6.07, 6.45) is 2.39. The Balaban J connectivity index is 2.11. The molecule has 0 radical (unpaired) electrons. The number of nitrogens with one attached hydrogen (secondary N) is 1. The van der Waals surface area contributed by atoms with E-state index in [0.29, 0.717) is 5.56 Å². The molecule has 2 rings (SSSR count). The van der Waals surface area contributed by atoms with E-state index in [1.54, 1.807) is 11.9 Å². The molecule has 1 aliphatic rings. The molecule has 0 aliphatic carbocycles. The molecule has 1 aromatic rings. The zero-order valence-electron chi connectivity index (χ0n) is 12.6. The van der Waals surface area contributed by atoms with E-state index in [2.05, 4.69) is 5.32 Å². The number of carbonyl (C=O) groups excluding carboxylic acids is 1. The van der Waals surface area contributed by atoms with Crippen LogP contribution in [0.15, 0.2) is 18.2 Å². The van der Waals surface area contributed by atoms with Crippen LogP contribution < -0.4 is 5.32 Å². The first kappa shape index (κ1) is 15.9. The van der Waals surface area contributed by atoms with Crippen molar-refractivity contribution in [3.63, 3.8) is 0 Å². The number of hydrogen-bond acceptors (Lipinski definition) is 2. The second-order valence-electron chi connectivity index (χ2n) is 5.78. The van der Waals surface area contributed by atoms with Crippen molar-refractivity contribution in [2.75, 3.05) is 20.1 Å². The van der Waals surface area contributed by atoms with Gasteiger partial charge in [0, 0.05) is 25.2 Å². The van der Waals surface area contributed by atoms with Crippen LogP contribution in [0, 0.1) is 17.0 Å². The summed E-state index contributed by atoms with van der Waals surface area (Å²) in [7, 11) is 1.69. The van der Waals surface area contributed by atoms with Gasteiger partial charge in [-0.1, -0.05) is 13.0 Å². The second kappa shape index (κ2) is 6.52. The van der Waals surface area contributed by atoms with Crippen LogP contribution in [0.4, 0.5) is 8.78 Å². The number of halogens is 2. The van der Waals surface area contributed by atoms with Crippen molar-refractivity contribution in [2.45, 2.75) is 32.7 Å². The van der Waals surface area contributed by atoms with Gasteiger partial charge in [0.15, 0.2) is 0 Å². The van der Waals surface area contributed by atoms with Gasteiger partial charge in [-0.05, 0) is 38.4 Å². The second-order valence-corrected chi connectivity index (χ2v) is 5.78. The minimum Gasteiger partial charge on any atom is -0.341 e. The Morgan fingerprint density at radius 1 is 1.33 bits per heavy atom. The van der Waals surface area contributed by atoms with E-state index in [4.69, 9.17) is 0 Å². The highest BCUT2D eigenvalue weighted by Crippen LogP contribution is 2.34. The lowest BCUT2D eigenvalue weighted by Gasteiger charge is -2.38. The molecule has 0 bridgehead atoms. The van der Waals surface area contributed by atoms with Crippen molar-refractivity contribution in [1.29, 1.82) is 0 Å². The highest BCUT2D eigenvalue weighted by atomic mass is 19.1. The van der Waals surface area contributed by atoms with Gasteiger partial charge in [-0.25, -0.2) is 8.78 Å². The quantitative estimate of drug-likeness (QED) is 0.926. The Morgan fingerprint density at radius 2 is 2.00 bits per heavy atom. The van der Waals surface area contributed by atoms with Crippen LogP contribution in [0.25, 0.3) is 0 Å². The van der Waals surface area contributed by atoms with Crippen molar-refractivity contribution in [2.24, 2.45) is 5.41 Å². The molecule has 0 spiro atoms. The highest BCUT2D eigenvalue weighted by Gasteiger charge is 2.39. The molecule has 0 aromatic heterocycles. The third-order valence-corrected chi connectivity index (χ3v) is 4.46.